The van der Waals surface area contributed by atoms with Crippen LogP contribution in [0.15, 0.2) is 39.6 Å². The summed E-state index contributed by atoms with van der Waals surface area (Å²) in [5.41, 5.74) is 2.32. The smallest absolute Gasteiger partial charge is 0.287 e. The molecule has 0 spiro atoms. The summed E-state index contributed by atoms with van der Waals surface area (Å²) in [5, 5.41) is 2.99. The molecule has 1 amide bonds. The van der Waals surface area contributed by atoms with Crippen LogP contribution in [0.5, 0.6) is 5.75 Å². The van der Waals surface area contributed by atoms with E-state index in [0.717, 1.165) is 16.6 Å². The molecule has 158 valence electrons. The van der Waals surface area contributed by atoms with Crippen LogP contribution in [0, 0.1) is 19.8 Å². The molecule has 1 N–H and O–H groups in total. The van der Waals surface area contributed by atoms with Gasteiger partial charge in [0.1, 0.15) is 18.1 Å². The highest BCUT2D eigenvalue weighted by Crippen LogP contribution is 2.30. The first-order valence-corrected chi connectivity index (χ1v) is 10.5. The summed E-state index contributed by atoms with van der Waals surface area (Å²) < 4.78 is 12.4. The topological polar surface area (TPSA) is 85.8 Å². The Morgan fingerprint density at radius 3 is 2.83 bits per heavy atom. The number of nitrogens with zero attached hydrogens (tertiary/aromatic N) is 2. The van der Waals surface area contributed by atoms with E-state index in [-0.39, 0.29) is 18.1 Å². The largest absolute Gasteiger partial charge is 0.485 e. The molecule has 2 aromatic heterocycles. The summed E-state index contributed by atoms with van der Waals surface area (Å²) in [6.07, 6.45) is 6.49. The van der Waals surface area contributed by atoms with Crippen LogP contribution in [0.3, 0.4) is 0 Å². The molecule has 1 fully saturated rings. The third-order valence-corrected chi connectivity index (χ3v) is 5.56. The number of ether oxygens (including phenoxy) is 1. The molecule has 0 aliphatic heterocycles. The molecule has 4 rings (SSSR count). The summed E-state index contributed by atoms with van der Waals surface area (Å²) >= 11 is 0. The number of fused-ring (bicyclic) bond motifs is 1. The standard InChI is InChI=1S/C23H27N3O4/c1-15-7-9-20(19(11-15)25-22(27)10-8-17-5-3-4-6-17)29-14-18-13-23(28)26-21(24-18)12-16(2)30-26/h7,9,11-13,17H,3-6,8,10,14H2,1-2H3,(H,25,27). The second kappa shape index (κ2) is 8.73. The molecule has 7 heteroatoms. The van der Waals surface area contributed by atoms with E-state index < -0.39 is 0 Å². The highest BCUT2D eigenvalue weighted by atomic mass is 16.5. The Labute approximate surface area is 175 Å². The lowest BCUT2D eigenvalue weighted by molar-refractivity contribution is -0.116. The maximum atomic E-state index is 12.5. The van der Waals surface area contributed by atoms with Crippen molar-refractivity contribution in [3.05, 3.63) is 57.7 Å². The van der Waals surface area contributed by atoms with E-state index >= 15 is 0 Å². The average Bonchev–Trinajstić information content (AvgIpc) is 3.35. The van der Waals surface area contributed by atoms with Gasteiger partial charge in [-0.2, -0.15) is 0 Å². The maximum absolute atomic E-state index is 12.5. The highest BCUT2D eigenvalue weighted by Gasteiger charge is 2.17. The predicted molar refractivity (Wildman–Crippen MR) is 114 cm³/mol. The van der Waals surface area contributed by atoms with Crippen LogP contribution in [0.1, 0.15) is 55.5 Å². The third kappa shape index (κ3) is 4.72. The fraction of sp³-hybridized carbons (Fsp3) is 0.435. The number of hydrogen-bond donors (Lipinski definition) is 1. The number of amides is 1. The number of hydrogen-bond acceptors (Lipinski definition) is 5. The molecule has 0 unspecified atom stereocenters. The number of aryl methyl sites for hydroxylation is 2. The van der Waals surface area contributed by atoms with Gasteiger partial charge in [-0.05, 0) is 43.9 Å². The van der Waals surface area contributed by atoms with Crippen LogP contribution in [0.2, 0.25) is 0 Å². The average molecular weight is 409 g/mol. The van der Waals surface area contributed by atoms with Crippen LogP contribution >= 0.6 is 0 Å². The second-order valence-electron chi connectivity index (χ2n) is 8.11. The number of rotatable bonds is 7. The zero-order valence-corrected chi connectivity index (χ0v) is 17.4. The molecule has 0 atom stereocenters. The van der Waals surface area contributed by atoms with Gasteiger partial charge in [0.25, 0.3) is 5.56 Å². The van der Waals surface area contributed by atoms with E-state index in [0.29, 0.717) is 40.9 Å². The van der Waals surface area contributed by atoms with E-state index in [9.17, 15) is 9.59 Å². The van der Waals surface area contributed by atoms with E-state index in [1.165, 1.54) is 31.7 Å². The second-order valence-corrected chi connectivity index (χ2v) is 8.11. The van der Waals surface area contributed by atoms with E-state index in [2.05, 4.69) is 10.3 Å². The predicted octanol–water partition coefficient (Wildman–Crippen LogP) is 4.39. The summed E-state index contributed by atoms with van der Waals surface area (Å²) in [5.74, 6) is 1.85. The number of anilines is 1. The van der Waals surface area contributed by atoms with Crippen molar-refractivity contribution < 1.29 is 14.1 Å². The molecule has 2 heterocycles. The summed E-state index contributed by atoms with van der Waals surface area (Å²) in [7, 11) is 0. The molecule has 0 radical (unpaired) electrons. The fourth-order valence-electron chi connectivity index (χ4n) is 4.01. The molecule has 3 aromatic rings. The first-order chi connectivity index (χ1) is 14.5. The minimum atomic E-state index is -0.295. The van der Waals surface area contributed by atoms with Crippen molar-refractivity contribution in [2.24, 2.45) is 5.92 Å². The molecular weight excluding hydrogens is 382 g/mol. The number of nitrogens with one attached hydrogen (secondary N) is 1. The van der Waals surface area contributed by atoms with E-state index in [1.807, 2.05) is 25.1 Å². The summed E-state index contributed by atoms with van der Waals surface area (Å²) in [6.45, 7) is 3.85. The third-order valence-electron chi connectivity index (χ3n) is 5.56. The van der Waals surface area contributed by atoms with Gasteiger partial charge in [0.15, 0.2) is 5.65 Å². The van der Waals surface area contributed by atoms with Crippen molar-refractivity contribution in [1.29, 1.82) is 0 Å². The molecule has 7 nitrogen and oxygen atoms in total. The van der Waals surface area contributed by atoms with Crippen molar-refractivity contribution >= 4 is 17.2 Å². The van der Waals surface area contributed by atoms with E-state index in [1.54, 1.807) is 13.0 Å². The summed E-state index contributed by atoms with van der Waals surface area (Å²) in [4.78, 5) is 29.1. The van der Waals surface area contributed by atoms with Gasteiger partial charge in [-0.3, -0.25) is 9.59 Å². The van der Waals surface area contributed by atoms with Crippen molar-refractivity contribution in [3.8, 4) is 5.75 Å². The lowest BCUT2D eigenvalue weighted by Crippen LogP contribution is -2.15. The molecule has 1 aromatic carbocycles. The molecule has 0 saturated heterocycles. The quantitative estimate of drug-likeness (QED) is 0.625. The zero-order valence-electron chi connectivity index (χ0n) is 17.4. The first kappa shape index (κ1) is 20.2. The van der Waals surface area contributed by atoms with Crippen LogP contribution in [0.4, 0.5) is 5.69 Å². The SMILES string of the molecule is Cc1ccc(OCc2cc(=O)n3oc(C)cc3n2)c(NC(=O)CCC2CCCC2)c1. The van der Waals surface area contributed by atoms with Gasteiger partial charge in [0.2, 0.25) is 5.91 Å². The molecule has 1 aliphatic carbocycles. The van der Waals surface area contributed by atoms with Gasteiger partial charge in [0.05, 0.1) is 11.4 Å². The molecule has 1 saturated carbocycles. The van der Waals surface area contributed by atoms with Crippen molar-refractivity contribution in [2.75, 3.05) is 5.32 Å². The molecule has 0 bridgehead atoms. The number of aromatic nitrogens is 2. The molecule has 30 heavy (non-hydrogen) atoms. The van der Waals surface area contributed by atoms with E-state index in [4.69, 9.17) is 9.26 Å². The normalized spacial score (nSPS) is 14.3. The Hall–Kier alpha value is -3.09. The van der Waals surface area contributed by atoms with Crippen LogP contribution < -0.4 is 15.6 Å². The van der Waals surface area contributed by atoms with Gasteiger partial charge < -0.3 is 14.6 Å². The van der Waals surface area contributed by atoms with Crippen LogP contribution in [-0.2, 0) is 11.4 Å². The van der Waals surface area contributed by atoms with Crippen LogP contribution in [-0.4, -0.2) is 15.5 Å². The van der Waals surface area contributed by atoms with Gasteiger partial charge in [0, 0.05) is 18.6 Å². The Morgan fingerprint density at radius 1 is 1.23 bits per heavy atom. The maximum Gasteiger partial charge on any atom is 0.287 e. The van der Waals surface area contributed by atoms with Crippen LogP contribution in [0.25, 0.3) is 5.65 Å². The minimum absolute atomic E-state index is 0.00371. The number of carbonyl (C=O) groups excluding carboxylic acids is 1. The lowest BCUT2D eigenvalue weighted by Gasteiger charge is -2.14. The molecule has 1 aliphatic rings. The fourth-order valence-corrected chi connectivity index (χ4v) is 4.01. The van der Waals surface area contributed by atoms with Crippen molar-refractivity contribution in [1.82, 2.24) is 9.56 Å². The number of benzene rings is 1. The zero-order chi connectivity index (χ0) is 21.1. The lowest BCUT2D eigenvalue weighted by atomic mass is 10.0. The van der Waals surface area contributed by atoms with Crippen molar-refractivity contribution in [2.45, 2.75) is 59.0 Å². The van der Waals surface area contributed by atoms with Crippen molar-refractivity contribution in [3.63, 3.8) is 0 Å². The monoisotopic (exact) mass is 409 g/mol. The van der Waals surface area contributed by atoms with Gasteiger partial charge >= 0.3 is 0 Å². The Morgan fingerprint density at radius 2 is 2.03 bits per heavy atom. The highest BCUT2D eigenvalue weighted by molar-refractivity contribution is 5.92. The molecular formula is C23H27N3O4. The first-order valence-electron chi connectivity index (χ1n) is 10.5. The Balaban J connectivity index is 1.44. The van der Waals surface area contributed by atoms with Gasteiger partial charge in [-0.25, -0.2) is 4.98 Å². The van der Waals surface area contributed by atoms with Gasteiger partial charge in [-0.1, -0.05) is 31.7 Å². The summed E-state index contributed by atoms with van der Waals surface area (Å²) in [6, 6.07) is 8.74. The van der Waals surface area contributed by atoms with Gasteiger partial charge in [-0.15, -0.1) is 4.57 Å². The Kier molecular flexibility index (Phi) is 5.88. The Bertz CT molecular complexity index is 1110. The minimum Gasteiger partial charge on any atom is -0.485 e. The number of carbonyl (C=O) groups is 1.